The van der Waals surface area contributed by atoms with E-state index < -0.39 is 30.6 Å². The SMILES string of the molecule is O=C(O)CCC(F)(F)CCl. The van der Waals surface area contributed by atoms with Crippen LogP contribution >= 0.6 is 11.6 Å². The number of carboxylic acid groups (broad SMARTS) is 1. The van der Waals surface area contributed by atoms with Crippen LogP contribution in [-0.2, 0) is 4.79 Å². The topological polar surface area (TPSA) is 37.3 Å². The highest BCUT2D eigenvalue weighted by molar-refractivity contribution is 6.18. The predicted octanol–water partition coefficient (Wildman–Crippen LogP) is 1.73. The molecule has 0 heterocycles. The molecule has 0 radical (unpaired) electrons. The molecule has 0 aromatic carbocycles. The lowest BCUT2D eigenvalue weighted by Crippen LogP contribution is -2.19. The van der Waals surface area contributed by atoms with Crippen LogP contribution in [0.1, 0.15) is 12.8 Å². The first-order valence-corrected chi connectivity index (χ1v) is 3.17. The number of aliphatic carboxylic acids is 1. The maximum atomic E-state index is 12.1. The Morgan fingerprint density at radius 1 is 1.60 bits per heavy atom. The van der Waals surface area contributed by atoms with Gasteiger partial charge in [-0.05, 0) is 0 Å². The summed E-state index contributed by atoms with van der Waals surface area (Å²) >= 11 is 4.83. The van der Waals surface area contributed by atoms with Crippen molar-refractivity contribution >= 4 is 17.6 Å². The minimum absolute atomic E-state index is 0.542. The van der Waals surface area contributed by atoms with Gasteiger partial charge in [-0.3, -0.25) is 4.79 Å². The Balaban J connectivity index is 3.56. The molecule has 0 atom stereocenters. The first-order chi connectivity index (χ1) is 4.48. The number of halogens is 3. The second kappa shape index (κ2) is 3.71. The maximum absolute atomic E-state index is 12.1. The molecular formula is C5H7ClF2O2. The molecule has 0 aliphatic carbocycles. The third-order valence-electron chi connectivity index (χ3n) is 0.900. The van der Waals surface area contributed by atoms with Crippen LogP contribution in [0.2, 0.25) is 0 Å². The van der Waals surface area contributed by atoms with Crippen molar-refractivity contribution in [2.45, 2.75) is 18.8 Å². The number of alkyl halides is 3. The van der Waals surface area contributed by atoms with E-state index >= 15 is 0 Å². The van der Waals surface area contributed by atoms with Gasteiger partial charge < -0.3 is 5.11 Å². The van der Waals surface area contributed by atoms with Crippen LogP contribution in [0, 0.1) is 0 Å². The van der Waals surface area contributed by atoms with Gasteiger partial charge in [0.2, 0.25) is 0 Å². The highest BCUT2D eigenvalue weighted by Crippen LogP contribution is 2.21. The molecule has 0 unspecified atom stereocenters. The highest BCUT2D eigenvalue weighted by Gasteiger charge is 2.27. The molecule has 0 aliphatic rings. The monoisotopic (exact) mass is 172 g/mol. The van der Waals surface area contributed by atoms with Gasteiger partial charge in [-0.2, -0.15) is 0 Å². The standard InChI is InChI=1S/C5H7ClF2O2/c6-3-5(7,8)2-1-4(9)10/h1-3H2,(H,9,10). The van der Waals surface area contributed by atoms with E-state index in [2.05, 4.69) is 0 Å². The molecule has 0 rings (SSSR count). The first-order valence-electron chi connectivity index (χ1n) is 2.63. The van der Waals surface area contributed by atoms with Crippen LogP contribution in [0.25, 0.3) is 0 Å². The molecule has 60 valence electrons. The summed E-state index contributed by atoms with van der Waals surface area (Å²) in [6.07, 6.45) is -1.23. The van der Waals surface area contributed by atoms with Crippen molar-refractivity contribution in [2.75, 3.05) is 5.88 Å². The van der Waals surface area contributed by atoms with Gasteiger partial charge in [0.15, 0.2) is 0 Å². The van der Waals surface area contributed by atoms with Gasteiger partial charge in [0.25, 0.3) is 5.92 Å². The number of hydrogen-bond acceptors (Lipinski definition) is 1. The third-order valence-corrected chi connectivity index (χ3v) is 1.29. The molecular weight excluding hydrogens is 166 g/mol. The zero-order valence-corrected chi connectivity index (χ0v) is 5.87. The quantitative estimate of drug-likeness (QED) is 0.656. The fourth-order valence-electron chi connectivity index (χ4n) is 0.357. The van der Waals surface area contributed by atoms with Gasteiger partial charge in [0.1, 0.15) is 0 Å². The van der Waals surface area contributed by atoms with E-state index in [4.69, 9.17) is 16.7 Å². The lowest BCUT2D eigenvalue weighted by atomic mass is 10.2. The van der Waals surface area contributed by atoms with Crippen molar-refractivity contribution in [3.8, 4) is 0 Å². The lowest BCUT2D eigenvalue weighted by molar-refractivity contribution is -0.138. The Morgan fingerprint density at radius 2 is 2.10 bits per heavy atom. The Morgan fingerprint density at radius 3 is 2.40 bits per heavy atom. The first kappa shape index (κ1) is 9.62. The molecule has 0 fully saturated rings. The van der Waals surface area contributed by atoms with E-state index in [9.17, 15) is 13.6 Å². The maximum Gasteiger partial charge on any atom is 0.303 e. The van der Waals surface area contributed by atoms with Crippen LogP contribution in [0.5, 0.6) is 0 Å². The van der Waals surface area contributed by atoms with Crippen LogP contribution in [0.15, 0.2) is 0 Å². The molecule has 2 nitrogen and oxygen atoms in total. The van der Waals surface area contributed by atoms with Gasteiger partial charge in [-0.15, -0.1) is 11.6 Å². The number of rotatable bonds is 4. The molecule has 0 spiro atoms. The fraction of sp³-hybridized carbons (Fsp3) is 0.800. The Bertz CT molecular complexity index is 127. The van der Waals surface area contributed by atoms with Crippen molar-refractivity contribution in [3.63, 3.8) is 0 Å². The molecule has 5 heteroatoms. The van der Waals surface area contributed by atoms with Gasteiger partial charge >= 0.3 is 5.97 Å². The molecule has 0 saturated carbocycles. The summed E-state index contributed by atoms with van der Waals surface area (Å²) in [6.45, 7) is 0. The summed E-state index contributed by atoms with van der Waals surface area (Å²) < 4.78 is 24.2. The van der Waals surface area contributed by atoms with Crippen molar-refractivity contribution in [1.82, 2.24) is 0 Å². The smallest absolute Gasteiger partial charge is 0.303 e. The normalized spacial score (nSPS) is 11.5. The summed E-state index contributed by atoms with van der Waals surface area (Å²) in [4.78, 5) is 9.79. The molecule has 0 bridgehead atoms. The molecule has 0 aromatic heterocycles. The minimum atomic E-state index is -3.04. The average Bonchev–Trinajstić information content (AvgIpc) is 1.85. The van der Waals surface area contributed by atoms with E-state index in [0.717, 1.165) is 0 Å². The fourth-order valence-corrected chi connectivity index (χ4v) is 0.490. The van der Waals surface area contributed by atoms with Gasteiger partial charge in [-0.1, -0.05) is 0 Å². The molecule has 0 amide bonds. The molecule has 0 saturated heterocycles. The number of carboxylic acids is 1. The van der Waals surface area contributed by atoms with Crippen LogP contribution in [0.3, 0.4) is 0 Å². The minimum Gasteiger partial charge on any atom is -0.481 e. The van der Waals surface area contributed by atoms with Crippen LogP contribution in [-0.4, -0.2) is 22.9 Å². The van der Waals surface area contributed by atoms with Gasteiger partial charge in [-0.25, -0.2) is 8.78 Å². The van der Waals surface area contributed by atoms with Crippen molar-refractivity contribution in [3.05, 3.63) is 0 Å². The summed E-state index contributed by atoms with van der Waals surface area (Å²) in [5.41, 5.74) is 0. The Hall–Kier alpha value is -0.380. The summed E-state index contributed by atoms with van der Waals surface area (Å²) in [6, 6.07) is 0. The van der Waals surface area contributed by atoms with Gasteiger partial charge in [0.05, 0.1) is 12.3 Å². The van der Waals surface area contributed by atoms with Crippen molar-refractivity contribution in [2.24, 2.45) is 0 Å². The van der Waals surface area contributed by atoms with Crippen molar-refractivity contribution < 1.29 is 18.7 Å². The van der Waals surface area contributed by atoms with Crippen LogP contribution < -0.4 is 0 Å². The van der Waals surface area contributed by atoms with E-state index in [1.165, 1.54) is 0 Å². The zero-order valence-electron chi connectivity index (χ0n) is 5.11. The summed E-state index contributed by atoms with van der Waals surface area (Å²) in [5.74, 6) is -5.09. The van der Waals surface area contributed by atoms with Crippen LogP contribution in [0.4, 0.5) is 8.78 Å². The second-order valence-corrected chi connectivity index (χ2v) is 2.15. The predicted molar refractivity (Wildman–Crippen MR) is 32.5 cm³/mol. The second-order valence-electron chi connectivity index (χ2n) is 1.88. The Kier molecular flexibility index (Phi) is 3.57. The van der Waals surface area contributed by atoms with E-state index in [0.29, 0.717) is 0 Å². The zero-order chi connectivity index (χ0) is 8.20. The molecule has 10 heavy (non-hydrogen) atoms. The van der Waals surface area contributed by atoms with Crippen molar-refractivity contribution in [1.29, 1.82) is 0 Å². The highest BCUT2D eigenvalue weighted by atomic mass is 35.5. The molecule has 0 aliphatic heterocycles. The largest absolute Gasteiger partial charge is 0.481 e. The average molecular weight is 173 g/mol. The number of carbonyl (C=O) groups is 1. The van der Waals surface area contributed by atoms with E-state index in [1.54, 1.807) is 0 Å². The Labute approximate surface area is 61.8 Å². The van der Waals surface area contributed by atoms with E-state index in [-0.39, 0.29) is 0 Å². The lowest BCUT2D eigenvalue weighted by Gasteiger charge is -2.09. The van der Waals surface area contributed by atoms with Gasteiger partial charge in [0, 0.05) is 6.42 Å². The summed E-state index contributed by atoms with van der Waals surface area (Å²) in [7, 11) is 0. The van der Waals surface area contributed by atoms with E-state index in [1.807, 2.05) is 0 Å². The molecule has 0 aromatic rings. The summed E-state index contributed by atoms with van der Waals surface area (Å²) in [5, 5.41) is 8.00. The number of hydrogen-bond donors (Lipinski definition) is 1. The third kappa shape index (κ3) is 4.49. The molecule has 1 N–H and O–H groups in total.